The van der Waals surface area contributed by atoms with E-state index in [0.717, 1.165) is 11.3 Å². The van der Waals surface area contributed by atoms with Gasteiger partial charge in [0.1, 0.15) is 0 Å². The van der Waals surface area contributed by atoms with Crippen LogP contribution in [0.2, 0.25) is 0 Å². The number of rotatable bonds is 5. The van der Waals surface area contributed by atoms with E-state index in [2.05, 4.69) is 20.6 Å². The molecule has 0 spiro atoms. The number of amides is 1. The highest BCUT2D eigenvalue weighted by molar-refractivity contribution is 6.03. The van der Waals surface area contributed by atoms with Crippen molar-refractivity contribution >= 4 is 17.5 Å². The number of hydrogen-bond acceptors (Lipinski definition) is 7. The molecule has 1 aromatic heterocycles. The maximum atomic E-state index is 12.3. The Hall–Kier alpha value is -4.12. The minimum atomic E-state index is -0.350. The van der Waals surface area contributed by atoms with E-state index in [1.807, 2.05) is 24.3 Å². The first-order chi connectivity index (χ1) is 13.7. The van der Waals surface area contributed by atoms with Crippen molar-refractivity contribution < 1.29 is 14.3 Å². The Kier molecular flexibility index (Phi) is 4.72. The van der Waals surface area contributed by atoms with Crippen LogP contribution >= 0.6 is 0 Å². The van der Waals surface area contributed by atoms with Crippen LogP contribution in [0, 0.1) is 11.3 Å². The minimum absolute atomic E-state index is 0.236. The van der Waals surface area contributed by atoms with Gasteiger partial charge in [0, 0.05) is 24.6 Å². The molecule has 2 aromatic carbocycles. The number of aromatic nitrogens is 2. The maximum absolute atomic E-state index is 12.3. The fourth-order valence-corrected chi connectivity index (χ4v) is 2.64. The number of nitriles is 1. The van der Waals surface area contributed by atoms with Crippen molar-refractivity contribution in [1.82, 2.24) is 9.97 Å². The molecule has 0 bridgehead atoms. The van der Waals surface area contributed by atoms with Crippen LogP contribution in [0.5, 0.6) is 11.5 Å². The van der Waals surface area contributed by atoms with Crippen LogP contribution in [0.15, 0.2) is 54.9 Å². The molecule has 138 valence electrons. The van der Waals surface area contributed by atoms with E-state index < -0.39 is 0 Å². The summed E-state index contributed by atoms with van der Waals surface area (Å²) in [6, 6.07) is 14.4. The Bertz CT molecular complexity index is 1060. The van der Waals surface area contributed by atoms with Crippen LogP contribution in [0.1, 0.15) is 21.5 Å². The fraction of sp³-hybridized carbons (Fsp3) is 0.100. The third-order valence-electron chi connectivity index (χ3n) is 4.05. The van der Waals surface area contributed by atoms with Gasteiger partial charge in [-0.1, -0.05) is 12.1 Å². The summed E-state index contributed by atoms with van der Waals surface area (Å²) >= 11 is 0. The van der Waals surface area contributed by atoms with Gasteiger partial charge in [0.25, 0.3) is 5.91 Å². The molecular weight excluding hydrogens is 358 g/mol. The number of carbonyl (C=O) groups excluding carboxylic acids is 1. The summed E-state index contributed by atoms with van der Waals surface area (Å²) in [7, 11) is 0. The topological polar surface area (TPSA) is 109 Å². The molecule has 28 heavy (non-hydrogen) atoms. The Morgan fingerprint density at radius 2 is 1.93 bits per heavy atom. The van der Waals surface area contributed by atoms with Gasteiger partial charge in [-0.3, -0.25) is 4.79 Å². The van der Waals surface area contributed by atoms with Crippen molar-refractivity contribution in [2.75, 3.05) is 17.4 Å². The molecule has 0 aliphatic carbocycles. The fourth-order valence-electron chi connectivity index (χ4n) is 2.64. The molecule has 0 atom stereocenters. The van der Waals surface area contributed by atoms with Gasteiger partial charge in [0.2, 0.25) is 12.7 Å². The SMILES string of the molecule is N#Cc1cccc(NC(=O)c2cnc(NCc3ccc4c(c3)OCO4)nc2)c1. The quantitative estimate of drug-likeness (QED) is 0.707. The number of benzene rings is 2. The number of carbonyl (C=O) groups is 1. The first-order valence-corrected chi connectivity index (χ1v) is 8.47. The van der Waals surface area contributed by atoms with E-state index in [1.54, 1.807) is 24.3 Å². The standard InChI is InChI=1S/C20H15N5O3/c21-8-13-2-1-3-16(6-13)25-19(26)15-10-23-20(24-11-15)22-9-14-4-5-17-18(7-14)28-12-27-17/h1-7,10-11H,9,12H2,(H,25,26)(H,22,23,24). The molecule has 2 heterocycles. The number of hydrogen-bond donors (Lipinski definition) is 2. The van der Waals surface area contributed by atoms with Gasteiger partial charge in [-0.05, 0) is 35.9 Å². The van der Waals surface area contributed by atoms with Gasteiger partial charge in [0.05, 0.1) is 17.2 Å². The molecule has 1 aliphatic rings. The summed E-state index contributed by atoms with van der Waals surface area (Å²) in [6.07, 6.45) is 2.89. The van der Waals surface area contributed by atoms with Crippen molar-refractivity contribution in [3.8, 4) is 17.6 Å². The second-order valence-corrected chi connectivity index (χ2v) is 5.98. The Morgan fingerprint density at radius 1 is 1.11 bits per heavy atom. The Labute approximate surface area is 160 Å². The predicted molar refractivity (Wildman–Crippen MR) is 101 cm³/mol. The molecule has 2 N–H and O–H groups in total. The predicted octanol–water partition coefficient (Wildman–Crippen LogP) is 2.94. The average Bonchev–Trinajstić information content (AvgIpc) is 3.20. The highest BCUT2D eigenvalue weighted by Crippen LogP contribution is 2.32. The van der Waals surface area contributed by atoms with Crippen molar-refractivity contribution in [2.45, 2.75) is 6.54 Å². The second kappa shape index (κ2) is 7.63. The summed E-state index contributed by atoms with van der Waals surface area (Å²) in [5.41, 5.74) is 2.31. The monoisotopic (exact) mass is 373 g/mol. The van der Waals surface area contributed by atoms with Crippen LogP contribution < -0.4 is 20.1 Å². The molecule has 0 saturated carbocycles. The van der Waals surface area contributed by atoms with Gasteiger partial charge >= 0.3 is 0 Å². The molecule has 3 aromatic rings. The van der Waals surface area contributed by atoms with E-state index in [4.69, 9.17) is 14.7 Å². The van der Waals surface area contributed by atoms with Crippen LogP contribution in [0.3, 0.4) is 0 Å². The van der Waals surface area contributed by atoms with Gasteiger partial charge in [0.15, 0.2) is 11.5 Å². The van der Waals surface area contributed by atoms with E-state index in [-0.39, 0.29) is 12.7 Å². The van der Waals surface area contributed by atoms with Gasteiger partial charge < -0.3 is 20.1 Å². The Balaban J connectivity index is 1.36. The summed E-state index contributed by atoms with van der Waals surface area (Å²) in [5, 5.41) is 14.7. The zero-order valence-electron chi connectivity index (χ0n) is 14.7. The lowest BCUT2D eigenvalue weighted by atomic mass is 10.2. The van der Waals surface area contributed by atoms with E-state index in [0.29, 0.717) is 35.1 Å². The first kappa shape index (κ1) is 17.3. The van der Waals surface area contributed by atoms with E-state index in [1.165, 1.54) is 12.4 Å². The lowest BCUT2D eigenvalue weighted by molar-refractivity contribution is 0.102. The molecular formula is C20H15N5O3. The van der Waals surface area contributed by atoms with Crippen LogP contribution in [-0.2, 0) is 6.54 Å². The lowest BCUT2D eigenvalue weighted by Crippen LogP contribution is -2.13. The maximum Gasteiger partial charge on any atom is 0.258 e. The van der Waals surface area contributed by atoms with Crippen molar-refractivity contribution in [3.63, 3.8) is 0 Å². The first-order valence-electron chi connectivity index (χ1n) is 8.47. The normalized spacial score (nSPS) is 11.5. The number of nitrogens with zero attached hydrogens (tertiary/aromatic N) is 3. The molecule has 8 nitrogen and oxygen atoms in total. The summed E-state index contributed by atoms with van der Waals surface area (Å²) in [5.74, 6) is 1.50. The molecule has 1 amide bonds. The third-order valence-corrected chi connectivity index (χ3v) is 4.05. The van der Waals surface area contributed by atoms with E-state index >= 15 is 0 Å². The largest absolute Gasteiger partial charge is 0.454 e. The number of fused-ring (bicyclic) bond motifs is 1. The highest BCUT2D eigenvalue weighted by atomic mass is 16.7. The average molecular weight is 373 g/mol. The second-order valence-electron chi connectivity index (χ2n) is 5.98. The van der Waals surface area contributed by atoms with Crippen molar-refractivity contribution in [3.05, 3.63) is 71.5 Å². The van der Waals surface area contributed by atoms with Crippen LogP contribution in [0.25, 0.3) is 0 Å². The third kappa shape index (κ3) is 3.83. The molecule has 8 heteroatoms. The molecule has 0 fully saturated rings. The summed E-state index contributed by atoms with van der Waals surface area (Å²) in [6.45, 7) is 0.739. The van der Waals surface area contributed by atoms with Crippen molar-refractivity contribution in [2.24, 2.45) is 0 Å². The molecule has 0 unspecified atom stereocenters. The van der Waals surface area contributed by atoms with E-state index in [9.17, 15) is 4.79 Å². The molecule has 1 aliphatic heterocycles. The summed E-state index contributed by atoms with van der Waals surface area (Å²) in [4.78, 5) is 20.6. The Morgan fingerprint density at radius 3 is 2.75 bits per heavy atom. The number of nitrogens with one attached hydrogen (secondary N) is 2. The van der Waals surface area contributed by atoms with Crippen molar-refractivity contribution in [1.29, 1.82) is 5.26 Å². The van der Waals surface area contributed by atoms with Gasteiger partial charge in [-0.2, -0.15) is 5.26 Å². The lowest BCUT2D eigenvalue weighted by Gasteiger charge is -2.07. The van der Waals surface area contributed by atoms with Gasteiger partial charge in [-0.25, -0.2) is 9.97 Å². The number of ether oxygens (including phenoxy) is 2. The zero-order valence-corrected chi connectivity index (χ0v) is 14.7. The van der Waals surface area contributed by atoms with Crippen LogP contribution in [0.4, 0.5) is 11.6 Å². The number of anilines is 2. The summed E-state index contributed by atoms with van der Waals surface area (Å²) < 4.78 is 10.6. The molecule has 0 radical (unpaired) electrons. The van der Waals surface area contributed by atoms with Gasteiger partial charge in [-0.15, -0.1) is 0 Å². The highest BCUT2D eigenvalue weighted by Gasteiger charge is 2.13. The molecule has 4 rings (SSSR count). The zero-order chi connectivity index (χ0) is 19.3. The smallest absolute Gasteiger partial charge is 0.258 e. The van der Waals surface area contributed by atoms with Crippen LogP contribution in [-0.4, -0.2) is 22.7 Å². The minimum Gasteiger partial charge on any atom is -0.454 e. The molecule has 0 saturated heterocycles.